The predicted octanol–water partition coefficient (Wildman–Crippen LogP) is 3.72. The number of carboxylic acids is 1. The van der Waals surface area contributed by atoms with Gasteiger partial charge in [0.1, 0.15) is 5.82 Å². The maximum absolute atomic E-state index is 14.6. The molecule has 0 radical (unpaired) electrons. The van der Waals surface area contributed by atoms with Crippen molar-refractivity contribution in [3.05, 3.63) is 65.3 Å². The van der Waals surface area contributed by atoms with Gasteiger partial charge in [-0.2, -0.15) is 17.7 Å². The summed E-state index contributed by atoms with van der Waals surface area (Å²) >= 11 is 4.71. The Hall–Kier alpha value is -2.16. The van der Waals surface area contributed by atoms with Gasteiger partial charge in [0.2, 0.25) is 0 Å². The fraction of sp³-hybridized carbons (Fsp3) is 0.435. The summed E-state index contributed by atoms with van der Waals surface area (Å²) in [7, 11) is 0. The molecule has 2 fully saturated rings. The van der Waals surface area contributed by atoms with Gasteiger partial charge in [-0.3, -0.25) is 19.2 Å². The standard InChI is InChI=1S/C23H26FN3O3S.ClH/c24-19-4-2-1-3-18(19)22(23(30)16-5-6-16)26-9-8-20(31)17(14-26)7-10-27-13-15(12-25-27)11-21(28)29;/h1-4,7,12-13,16,20,22,31H,5-6,8-11,14H2,(H,28,29);1H/b17-7+;. The van der Waals surface area contributed by atoms with E-state index in [2.05, 4.69) is 10.00 Å². The monoisotopic (exact) mass is 479 g/mol. The molecule has 6 nitrogen and oxygen atoms in total. The Balaban J connectivity index is 0.00000289. The second-order valence-electron chi connectivity index (χ2n) is 8.30. The molecule has 1 saturated carbocycles. The van der Waals surface area contributed by atoms with Crippen LogP contribution in [0.3, 0.4) is 0 Å². The number of hydrogen-bond acceptors (Lipinski definition) is 5. The van der Waals surface area contributed by atoms with Crippen molar-refractivity contribution in [2.24, 2.45) is 5.92 Å². The molecule has 2 aliphatic rings. The highest BCUT2D eigenvalue weighted by atomic mass is 35.5. The van der Waals surface area contributed by atoms with Crippen molar-refractivity contribution in [3.63, 3.8) is 0 Å². The van der Waals surface area contributed by atoms with Crippen molar-refractivity contribution in [1.82, 2.24) is 14.7 Å². The molecular weight excluding hydrogens is 453 g/mol. The summed E-state index contributed by atoms with van der Waals surface area (Å²) in [6.07, 6.45) is 7.77. The number of carbonyl (C=O) groups excluding carboxylic acids is 1. The highest BCUT2D eigenvalue weighted by molar-refractivity contribution is 7.81. The molecule has 1 N–H and O–H groups in total. The SMILES string of the molecule is Cl.O=C(O)Cc1cnn(C/C=C2\CN(C(C(=O)C3CC3)c3ccccc3F)CCC2S)c1. The number of likely N-dealkylation sites (tertiary alicyclic amines) is 1. The molecule has 2 unspecified atom stereocenters. The average Bonchev–Trinajstić information content (AvgIpc) is 3.50. The maximum Gasteiger partial charge on any atom is 0.307 e. The first-order chi connectivity index (χ1) is 14.9. The zero-order valence-corrected chi connectivity index (χ0v) is 19.3. The van der Waals surface area contributed by atoms with Crippen LogP contribution in [0.2, 0.25) is 0 Å². The van der Waals surface area contributed by atoms with Gasteiger partial charge in [0.25, 0.3) is 0 Å². The molecule has 1 saturated heterocycles. The third-order valence-electron chi connectivity index (χ3n) is 5.90. The molecule has 1 aromatic heterocycles. The molecule has 2 aromatic rings. The molecule has 4 rings (SSSR count). The van der Waals surface area contributed by atoms with Crippen LogP contribution < -0.4 is 0 Å². The number of aromatic nitrogens is 2. The van der Waals surface area contributed by atoms with Gasteiger partial charge in [0, 0.05) is 41.6 Å². The number of ketones is 1. The number of allylic oxidation sites excluding steroid dienone is 1. The first-order valence-electron chi connectivity index (χ1n) is 10.5. The van der Waals surface area contributed by atoms with Crippen LogP contribution in [0.25, 0.3) is 0 Å². The molecule has 2 heterocycles. The minimum atomic E-state index is -0.893. The fourth-order valence-corrected chi connectivity index (χ4v) is 4.42. The second-order valence-corrected chi connectivity index (χ2v) is 8.92. The maximum atomic E-state index is 14.6. The highest BCUT2D eigenvalue weighted by Crippen LogP contribution is 2.39. The highest BCUT2D eigenvalue weighted by Gasteiger charge is 2.40. The Bertz CT molecular complexity index is 1010. The Morgan fingerprint density at radius 2 is 2.03 bits per heavy atom. The summed E-state index contributed by atoms with van der Waals surface area (Å²) in [5, 5.41) is 13.2. The number of piperidine rings is 1. The smallest absolute Gasteiger partial charge is 0.307 e. The second kappa shape index (κ2) is 10.6. The van der Waals surface area contributed by atoms with Crippen LogP contribution in [0.4, 0.5) is 4.39 Å². The Morgan fingerprint density at radius 3 is 2.72 bits per heavy atom. The van der Waals surface area contributed by atoms with Gasteiger partial charge in [-0.25, -0.2) is 4.39 Å². The number of aliphatic carboxylic acids is 1. The Kier molecular flexibility index (Phi) is 8.14. The van der Waals surface area contributed by atoms with Gasteiger partial charge in [-0.1, -0.05) is 24.3 Å². The first-order valence-corrected chi connectivity index (χ1v) is 11.1. The van der Waals surface area contributed by atoms with Crippen LogP contribution in [0.15, 0.2) is 48.3 Å². The molecule has 0 spiro atoms. The lowest BCUT2D eigenvalue weighted by atomic mass is 9.93. The topological polar surface area (TPSA) is 75.4 Å². The van der Waals surface area contributed by atoms with Crippen molar-refractivity contribution >= 4 is 36.8 Å². The van der Waals surface area contributed by atoms with Gasteiger partial charge in [-0.15, -0.1) is 12.4 Å². The number of benzene rings is 1. The molecule has 0 amide bonds. The van der Waals surface area contributed by atoms with Gasteiger partial charge < -0.3 is 5.11 Å². The lowest BCUT2D eigenvalue weighted by molar-refractivity contribution is -0.136. The van der Waals surface area contributed by atoms with E-state index in [-0.39, 0.29) is 41.6 Å². The number of carbonyl (C=O) groups is 2. The lowest BCUT2D eigenvalue weighted by Crippen LogP contribution is -2.42. The van der Waals surface area contributed by atoms with Crippen LogP contribution in [-0.2, 0) is 22.6 Å². The zero-order chi connectivity index (χ0) is 22.0. The van der Waals surface area contributed by atoms with E-state index in [4.69, 9.17) is 17.7 Å². The molecule has 1 aliphatic carbocycles. The number of nitrogens with zero attached hydrogens (tertiary/aromatic N) is 3. The van der Waals surface area contributed by atoms with Crippen LogP contribution in [-0.4, -0.2) is 49.9 Å². The zero-order valence-electron chi connectivity index (χ0n) is 17.6. The molecule has 1 aliphatic heterocycles. The van der Waals surface area contributed by atoms with Crippen molar-refractivity contribution in [2.45, 2.75) is 43.5 Å². The summed E-state index contributed by atoms with van der Waals surface area (Å²) in [5.74, 6) is -1.10. The molecule has 32 heavy (non-hydrogen) atoms. The van der Waals surface area contributed by atoms with Crippen molar-refractivity contribution in [1.29, 1.82) is 0 Å². The summed E-state index contributed by atoms with van der Waals surface area (Å²) in [6.45, 7) is 1.70. The van der Waals surface area contributed by atoms with Crippen LogP contribution in [0.5, 0.6) is 0 Å². The summed E-state index contributed by atoms with van der Waals surface area (Å²) in [5.41, 5.74) is 2.16. The van der Waals surface area contributed by atoms with E-state index in [1.165, 1.54) is 6.07 Å². The fourth-order valence-electron chi connectivity index (χ4n) is 4.11. The normalized spacial score (nSPS) is 21.2. The quantitative estimate of drug-likeness (QED) is 0.446. The third-order valence-corrected chi connectivity index (χ3v) is 6.49. The molecule has 2 atom stereocenters. The van der Waals surface area contributed by atoms with E-state index in [1.807, 2.05) is 6.08 Å². The number of rotatable bonds is 8. The molecule has 0 bridgehead atoms. The van der Waals surface area contributed by atoms with E-state index < -0.39 is 12.0 Å². The van der Waals surface area contributed by atoms with E-state index >= 15 is 0 Å². The Labute approximate surface area is 198 Å². The van der Waals surface area contributed by atoms with Gasteiger partial charge in [0.05, 0.1) is 25.2 Å². The average molecular weight is 480 g/mol. The van der Waals surface area contributed by atoms with Crippen LogP contribution >= 0.6 is 25.0 Å². The summed E-state index contributed by atoms with van der Waals surface area (Å²) in [6, 6.07) is 5.97. The lowest BCUT2D eigenvalue weighted by Gasteiger charge is -2.37. The first kappa shape index (κ1) is 24.5. The van der Waals surface area contributed by atoms with E-state index in [9.17, 15) is 14.0 Å². The van der Waals surface area contributed by atoms with Gasteiger partial charge >= 0.3 is 5.97 Å². The summed E-state index contributed by atoms with van der Waals surface area (Å²) in [4.78, 5) is 26.0. The van der Waals surface area contributed by atoms with Crippen molar-refractivity contribution < 1.29 is 19.1 Å². The minimum absolute atomic E-state index is 0. The van der Waals surface area contributed by atoms with Crippen molar-refractivity contribution in [2.75, 3.05) is 13.1 Å². The van der Waals surface area contributed by atoms with E-state index in [0.717, 1.165) is 24.8 Å². The van der Waals surface area contributed by atoms with Gasteiger partial charge in [0.15, 0.2) is 5.78 Å². The number of halogens is 2. The van der Waals surface area contributed by atoms with Gasteiger partial charge in [-0.05, 0) is 30.9 Å². The number of Topliss-reactive ketones (excluding diaryl/α,β-unsaturated/α-hetero) is 1. The molecule has 1 aromatic carbocycles. The predicted molar refractivity (Wildman–Crippen MR) is 125 cm³/mol. The van der Waals surface area contributed by atoms with Crippen molar-refractivity contribution in [3.8, 4) is 0 Å². The van der Waals surface area contributed by atoms with E-state index in [0.29, 0.717) is 30.8 Å². The van der Waals surface area contributed by atoms with Crippen LogP contribution in [0, 0.1) is 11.7 Å². The molecule has 172 valence electrons. The number of hydrogen-bond donors (Lipinski definition) is 2. The Morgan fingerprint density at radius 1 is 1.28 bits per heavy atom. The molecular formula is C23H27ClFN3O3S. The summed E-state index contributed by atoms with van der Waals surface area (Å²) < 4.78 is 16.3. The van der Waals surface area contributed by atoms with Crippen LogP contribution in [0.1, 0.15) is 36.4 Å². The number of thiol groups is 1. The largest absolute Gasteiger partial charge is 0.481 e. The third kappa shape index (κ3) is 5.79. The van der Waals surface area contributed by atoms with E-state index in [1.54, 1.807) is 35.3 Å². The number of carboxylic acid groups (broad SMARTS) is 1. The minimum Gasteiger partial charge on any atom is -0.481 e. The molecule has 9 heteroatoms.